The van der Waals surface area contributed by atoms with Crippen LogP contribution in [0, 0.1) is 0 Å². The summed E-state index contributed by atoms with van der Waals surface area (Å²) < 4.78 is 21.3. The van der Waals surface area contributed by atoms with Crippen LogP contribution < -0.4 is 19.5 Å². The van der Waals surface area contributed by atoms with Gasteiger partial charge in [0.25, 0.3) is 11.8 Å². The third-order valence-corrected chi connectivity index (χ3v) is 4.48. The molecule has 0 aliphatic heterocycles. The largest absolute Gasteiger partial charge is 0.493 e. The quantitative estimate of drug-likeness (QED) is 0.521. The number of carbonyl (C=O) groups is 1. The van der Waals surface area contributed by atoms with Gasteiger partial charge in [-0.1, -0.05) is 28.3 Å². The molecule has 0 atom stereocenters. The van der Waals surface area contributed by atoms with Gasteiger partial charge in [-0.2, -0.15) is 0 Å². The summed E-state index contributed by atoms with van der Waals surface area (Å²) in [6, 6.07) is 8.19. The van der Waals surface area contributed by atoms with Crippen LogP contribution in [0.15, 0.2) is 40.8 Å². The highest BCUT2D eigenvalue weighted by Gasteiger charge is 2.14. The molecule has 2 aromatic carbocycles. The van der Waals surface area contributed by atoms with Gasteiger partial charge in [0.1, 0.15) is 0 Å². The predicted octanol–water partition coefficient (Wildman–Crippen LogP) is 4.72. The number of anilines is 1. The first kappa shape index (κ1) is 21.5. The molecule has 156 valence electrons. The summed E-state index contributed by atoms with van der Waals surface area (Å²) in [6.07, 6.45) is 2.88. The molecule has 0 radical (unpaired) electrons. The minimum atomic E-state index is -0.471. The maximum absolute atomic E-state index is 12.2. The first-order chi connectivity index (χ1) is 14.4. The van der Waals surface area contributed by atoms with Crippen molar-refractivity contribution in [3.8, 4) is 28.7 Å². The predicted molar refractivity (Wildman–Crippen MR) is 114 cm³/mol. The zero-order chi connectivity index (χ0) is 21.7. The molecule has 3 aromatic rings. The molecule has 3 rings (SSSR count). The van der Waals surface area contributed by atoms with E-state index in [1.54, 1.807) is 36.4 Å². The second-order valence-electron chi connectivity index (χ2n) is 5.82. The second-order valence-corrected chi connectivity index (χ2v) is 6.66. The second kappa shape index (κ2) is 9.51. The molecule has 0 saturated carbocycles. The molecule has 0 unspecified atom stereocenters. The number of rotatable bonds is 7. The number of nitrogens with one attached hydrogen (secondary N) is 1. The van der Waals surface area contributed by atoms with E-state index in [0.717, 1.165) is 0 Å². The molecule has 1 N–H and O–H groups in total. The lowest BCUT2D eigenvalue weighted by Crippen LogP contribution is -2.07. The van der Waals surface area contributed by atoms with Crippen molar-refractivity contribution in [2.75, 3.05) is 26.6 Å². The summed E-state index contributed by atoms with van der Waals surface area (Å²) in [6.45, 7) is 0. The topological polar surface area (TPSA) is 95.7 Å². The molecular weight excluding hydrogens is 433 g/mol. The lowest BCUT2D eigenvalue weighted by Gasteiger charge is -2.12. The van der Waals surface area contributed by atoms with Gasteiger partial charge in [0.05, 0.1) is 31.9 Å². The lowest BCUT2D eigenvalue weighted by molar-refractivity contribution is -0.112. The van der Waals surface area contributed by atoms with E-state index in [2.05, 4.69) is 15.5 Å². The number of ether oxygens (including phenoxy) is 3. The van der Waals surface area contributed by atoms with E-state index in [4.69, 9.17) is 41.8 Å². The van der Waals surface area contributed by atoms with Crippen molar-refractivity contribution in [3.05, 3.63) is 52.0 Å². The number of amides is 1. The van der Waals surface area contributed by atoms with Gasteiger partial charge in [-0.25, -0.2) is 0 Å². The Labute approximate surface area is 182 Å². The van der Waals surface area contributed by atoms with E-state index in [-0.39, 0.29) is 11.9 Å². The fourth-order valence-electron chi connectivity index (χ4n) is 2.56. The molecule has 0 bridgehead atoms. The number of methoxy groups -OCH3 is 3. The van der Waals surface area contributed by atoms with Gasteiger partial charge in [-0.05, 0) is 42.0 Å². The molecule has 0 fully saturated rings. The van der Waals surface area contributed by atoms with Gasteiger partial charge in [-0.15, -0.1) is 5.10 Å². The third kappa shape index (κ3) is 4.84. The van der Waals surface area contributed by atoms with E-state index in [1.165, 1.54) is 27.4 Å². The number of nitrogens with zero attached hydrogens (tertiary/aromatic N) is 2. The number of benzene rings is 2. The highest BCUT2D eigenvalue weighted by Crippen LogP contribution is 2.38. The zero-order valence-electron chi connectivity index (χ0n) is 16.2. The van der Waals surface area contributed by atoms with Crippen LogP contribution in [0.25, 0.3) is 17.5 Å². The summed E-state index contributed by atoms with van der Waals surface area (Å²) >= 11 is 12.0. The van der Waals surface area contributed by atoms with Gasteiger partial charge in [-0.3, -0.25) is 10.1 Å². The van der Waals surface area contributed by atoms with Crippen LogP contribution >= 0.6 is 23.2 Å². The SMILES string of the molecule is COc1cc(C=CC(=O)Nc2nnc(-c3ccc(Cl)cc3Cl)o2)cc(OC)c1OC. The van der Waals surface area contributed by atoms with Crippen molar-refractivity contribution < 1.29 is 23.4 Å². The summed E-state index contributed by atoms with van der Waals surface area (Å²) in [5.74, 6) is 1.08. The van der Waals surface area contributed by atoms with E-state index < -0.39 is 5.91 Å². The summed E-state index contributed by atoms with van der Waals surface area (Å²) in [7, 11) is 4.54. The van der Waals surface area contributed by atoms with Crippen LogP contribution in [0.3, 0.4) is 0 Å². The van der Waals surface area contributed by atoms with Crippen LogP contribution in [0.5, 0.6) is 17.2 Å². The van der Waals surface area contributed by atoms with Crippen molar-refractivity contribution in [1.82, 2.24) is 10.2 Å². The van der Waals surface area contributed by atoms with Crippen LogP contribution in [-0.2, 0) is 4.79 Å². The van der Waals surface area contributed by atoms with Gasteiger partial charge in [0.15, 0.2) is 11.5 Å². The van der Waals surface area contributed by atoms with Gasteiger partial charge in [0, 0.05) is 11.1 Å². The van der Waals surface area contributed by atoms with Crippen molar-refractivity contribution >= 4 is 41.2 Å². The first-order valence-electron chi connectivity index (χ1n) is 8.53. The Balaban J connectivity index is 1.73. The Hall–Kier alpha value is -3.23. The number of aromatic nitrogens is 2. The maximum atomic E-state index is 12.2. The van der Waals surface area contributed by atoms with E-state index in [9.17, 15) is 4.79 Å². The summed E-state index contributed by atoms with van der Waals surface area (Å²) in [5, 5.41) is 11.0. The van der Waals surface area contributed by atoms with E-state index >= 15 is 0 Å². The van der Waals surface area contributed by atoms with Gasteiger partial charge < -0.3 is 18.6 Å². The van der Waals surface area contributed by atoms with E-state index in [0.29, 0.717) is 38.4 Å². The molecule has 8 nitrogen and oxygen atoms in total. The molecule has 0 aliphatic rings. The van der Waals surface area contributed by atoms with Crippen molar-refractivity contribution in [2.24, 2.45) is 0 Å². The molecule has 1 aromatic heterocycles. The van der Waals surface area contributed by atoms with Crippen LogP contribution in [0.4, 0.5) is 6.01 Å². The molecule has 1 heterocycles. The molecule has 0 saturated heterocycles. The number of carbonyl (C=O) groups excluding carboxylic acids is 1. The van der Waals surface area contributed by atoms with E-state index in [1.807, 2.05) is 0 Å². The maximum Gasteiger partial charge on any atom is 0.322 e. The highest BCUT2D eigenvalue weighted by molar-refractivity contribution is 6.36. The summed E-state index contributed by atoms with van der Waals surface area (Å²) in [5.41, 5.74) is 1.17. The standard InChI is InChI=1S/C20H17Cl2N3O5/c1-27-15-8-11(9-16(28-2)18(15)29-3)4-7-17(26)23-20-25-24-19(30-20)13-6-5-12(21)10-14(13)22/h4-10H,1-3H3,(H,23,25,26). The smallest absolute Gasteiger partial charge is 0.322 e. The van der Waals surface area contributed by atoms with Crippen molar-refractivity contribution in [2.45, 2.75) is 0 Å². The van der Waals surface area contributed by atoms with Gasteiger partial charge in [0.2, 0.25) is 5.75 Å². The Morgan fingerprint density at radius 1 is 1.03 bits per heavy atom. The third-order valence-electron chi connectivity index (χ3n) is 3.93. The van der Waals surface area contributed by atoms with Crippen molar-refractivity contribution in [1.29, 1.82) is 0 Å². The fourth-order valence-corrected chi connectivity index (χ4v) is 3.05. The number of hydrogen-bond donors (Lipinski definition) is 1. The van der Waals surface area contributed by atoms with Crippen LogP contribution in [0.1, 0.15) is 5.56 Å². The first-order valence-corrected chi connectivity index (χ1v) is 9.28. The molecule has 0 spiro atoms. The Morgan fingerprint density at radius 3 is 2.33 bits per heavy atom. The van der Waals surface area contributed by atoms with Crippen LogP contribution in [0.2, 0.25) is 10.0 Å². The van der Waals surface area contributed by atoms with Gasteiger partial charge >= 0.3 is 6.01 Å². The zero-order valence-corrected chi connectivity index (χ0v) is 17.7. The Bertz CT molecular complexity index is 1070. The average molecular weight is 450 g/mol. The number of halogens is 2. The molecule has 30 heavy (non-hydrogen) atoms. The minimum Gasteiger partial charge on any atom is -0.493 e. The Morgan fingerprint density at radius 2 is 1.73 bits per heavy atom. The normalized spacial score (nSPS) is 10.8. The monoisotopic (exact) mass is 449 g/mol. The Kier molecular flexibility index (Phi) is 6.81. The lowest BCUT2D eigenvalue weighted by atomic mass is 10.1. The highest BCUT2D eigenvalue weighted by atomic mass is 35.5. The molecular formula is C20H17Cl2N3O5. The minimum absolute atomic E-state index is 0.0736. The van der Waals surface area contributed by atoms with Crippen molar-refractivity contribution in [3.63, 3.8) is 0 Å². The molecule has 10 heteroatoms. The summed E-state index contributed by atoms with van der Waals surface area (Å²) in [4.78, 5) is 12.2. The fraction of sp³-hybridized carbons (Fsp3) is 0.150. The van der Waals surface area contributed by atoms with Crippen LogP contribution in [-0.4, -0.2) is 37.4 Å². The average Bonchev–Trinajstić information content (AvgIpc) is 3.19. The molecule has 0 aliphatic carbocycles. The molecule has 1 amide bonds. The number of hydrogen-bond acceptors (Lipinski definition) is 7.